The number of methoxy groups -OCH3 is 1. The molecule has 0 atom stereocenters. The number of nitrogens with zero attached hydrogens (tertiary/aromatic N) is 1. The van der Waals surface area contributed by atoms with E-state index in [0.717, 1.165) is 12.8 Å². The molecule has 0 saturated heterocycles. The van der Waals surface area contributed by atoms with Crippen LogP contribution in [0.25, 0.3) is 0 Å². The lowest BCUT2D eigenvalue weighted by Crippen LogP contribution is -2.35. The Morgan fingerprint density at radius 2 is 2.15 bits per heavy atom. The molecule has 0 bridgehead atoms. The van der Waals surface area contributed by atoms with Gasteiger partial charge >= 0.3 is 5.97 Å². The number of carboxylic acid groups (broad SMARTS) is 1. The van der Waals surface area contributed by atoms with E-state index in [9.17, 15) is 13.2 Å². The Hall–Kier alpha value is -1.60. The summed E-state index contributed by atoms with van der Waals surface area (Å²) in [5.41, 5.74) is 0. The molecule has 6 nitrogen and oxygen atoms in total. The summed E-state index contributed by atoms with van der Waals surface area (Å²) in [6.07, 6.45) is 1.37. The van der Waals surface area contributed by atoms with Crippen molar-refractivity contribution >= 4 is 16.0 Å². The van der Waals surface area contributed by atoms with Crippen LogP contribution in [-0.4, -0.2) is 43.5 Å². The first-order chi connectivity index (χ1) is 9.45. The van der Waals surface area contributed by atoms with Gasteiger partial charge in [0.15, 0.2) is 0 Å². The van der Waals surface area contributed by atoms with Crippen LogP contribution in [0, 0.1) is 0 Å². The number of hydrogen-bond donors (Lipinski definition) is 1. The molecule has 1 fully saturated rings. The van der Waals surface area contributed by atoms with E-state index in [1.165, 1.54) is 23.5 Å². The molecule has 0 amide bonds. The van der Waals surface area contributed by atoms with Crippen LogP contribution in [0.4, 0.5) is 0 Å². The summed E-state index contributed by atoms with van der Waals surface area (Å²) in [6.45, 7) is -0.000453. The number of ether oxygens (including phenoxy) is 1. The fourth-order valence-corrected chi connectivity index (χ4v) is 3.69. The zero-order valence-corrected chi connectivity index (χ0v) is 12.0. The predicted molar refractivity (Wildman–Crippen MR) is 72.2 cm³/mol. The van der Waals surface area contributed by atoms with Crippen LogP contribution in [0.3, 0.4) is 0 Å². The van der Waals surface area contributed by atoms with Gasteiger partial charge in [0.1, 0.15) is 5.75 Å². The van der Waals surface area contributed by atoms with Gasteiger partial charge < -0.3 is 9.84 Å². The van der Waals surface area contributed by atoms with Gasteiger partial charge in [-0.1, -0.05) is 6.07 Å². The van der Waals surface area contributed by atoms with Crippen molar-refractivity contribution in [2.75, 3.05) is 13.7 Å². The predicted octanol–water partition coefficient (Wildman–Crippen LogP) is 1.32. The minimum absolute atomic E-state index is 0.000453. The lowest BCUT2D eigenvalue weighted by molar-refractivity contribution is -0.137. The highest BCUT2D eigenvalue weighted by molar-refractivity contribution is 7.89. The van der Waals surface area contributed by atoms with Crippen molar-refractivity contribution in [3.8, 4) is 5.75 Å². The van der Waals surface area contributed by atoms with Crippen LogP contribution < -0.4 is 4.74 Å². The van der Waals surface area contributed by atoms with E-state index in [4.69, 9.17) is 9.84 Å². The second-order valence-electron chi connectivity index (χ2n) is 4.67. The van der Waals surface area contributed by atoms with Crippen LogP contribution in [-0.2, 0) is 14.8 Å². The minimum atomic E-state index is -3.68. The van der Waals surface area contributed by atoms with Crippen LogP contribution in [0.5, 0.6) is 5.75 Å². The van der Waals surface area contributed by atoms with Crippen molar-refractivity contribution in [1.82, 2.24) is 4.31 Å². The molecule has 1 aromatic carbocycles. The third-order valence-corrected chi connectivity index (χ3v) is 5.10. The van der Waals surface area contributed by atoms with Crippen molar-refractivity contribution in [2.45, 2.75) is 30.2 Å². The molecule has 1 aliphatic carbocycles. The molecule has 0 heterocycles. The Labute approximate surface area is 118 Å². The molecule has 0 unspecified atom stereocenters. The van der Waals surface area contributed by atoms with Gasteiger partial charge in [-0.05, 0) is 25.0 Å². The molecule has 110 valence electrons. The number of carboxylic acids is 1. The van der Waals surface area contributed by atoms with Crippen molar-refractivity contribution < 1.29 is 23.1 Å². The zero-order chi connectivity index (χ0) is 14.8. The number of aliphatic carboxylic acids is 1. The summed E-state index contributed by atoms with van der Waals surface area (Å²) >= 11 is 0. The quantitative estimate of drug-likeness (QED) is 0.821. The zero-order valence-electron chi connectivity index (χ0n) is 11.2. The van der Waals surface area contributed by atoms with Crippen molar-refractivity contribution in [3.05, 3.63) is 24.3 Å². The summed E-state index contributed by atoms with van der Waals surface area (Å²) in [4.78, 5) is 10.8. The van der Waals surface area contributed by atoms with E-state index in [2.05, 4.69) is 0 Å². The van der Waals surface area contributed by atoms with Gasteiger partial charge in [-0.25, -0.2) is 8.42 Å². The van der Waals surface area contributed by atoms with Gasteiger partial charge in [0.05, 0.1) is 18.4 Å². The average molecular weight is 299 g/mol. The van der Waals surface area contributed by atoms with Gasteiger partial charge in [0.2, 0.25) is 10.0 Å². The SMILES string of the molecule is COc1cccc(S(=O)(=O)N(CCC(=O)O)C2CC2)c1. The van der Waals surface area contributed by atoms with E-state index in [1.54, 1.807) is 12.1 Å². The number of carbonyl (C=O) groups is 1. The van der Waals surface area contributed by atoms with Gasteiger partial charge in [0, 0.05) is 18.7 Å². The number of sulfonamides is 1. The standard InChI is InChI=1S/C13H17NO5S/c1-19-11-3-2-4-12(9-11)20(17,18)14(10-5-6-10)8-7-13(15)16/h2-4,9-10H,5-8H2,1H3,(H,15,16). The maximum absolute atomic E-state index is 12.6. The molecule has 1 saturated carbocycles. The van der Waals surface area contributed by atoms with E-state index in [-0.39, 0.29) is 23.9 Å². The Balaban J connectivity index is 2.27. The molecule has 2 rings (SSSR count). The van der Waals surface area contributed by atoms with Crippen molar-refractivity contribution in [3.63, 3.8) is 0 Å². The van der Waals surface area contributed by atoms with Crippen molar-refractivity contribution in [2.24, 2.45) is 0 Å². The highest BCUT2D eigenvalue weighted by atomic mass is 32.2. The molecule has 0 radical (unpaired) electrons. The summed E-state index contributed by atoms with van der Waals surface area (Å²) < 4.78 is 31.5. The first-order valence-corrected chi connectivity index (χ1v) is 7.77. The monoisotopic (exact) mass is 299 g/mol. The fourth-order valence-electron chi connectivity index (χ4n) is 1.96. The Morgan fingerprint density at radius 1 is 1.45 bits per heavy atom. The van der Waals surface area contributed by atoms with E-state index < -0.39 is 16.0 Å². The average Bonchev–Trinajstić information content (AvgIpc) is 3.23. The highest BCUT2D eigenvalue weighted by Crippen LogP contribution is 2.32. The number of hydrogen-bond acceptors (Lipinski definition) is 4. The number of benzene rings is 1. The second-order valence-corrected chi connectivity index (χ2v) is 6.56. The van der Waals surface area contributed by atoms with Crippen LogP contribution >= 0.6 is 0 Å². The molecule has 0 spiro atoms. The van der Waals surface area contributed by atoms with E-state index in [0.29, 0.717) is 5.75 Å². The van der Waals surface area contributed by atoms with Crippen LogP contribution in [0.15, 0.2) is 29.2 Å². The smallest absolute Gasteiger partial charge is 0.304 e. The second kappa shape index (κ2) is 5.80. The first-order valence-electron chi connectivity index (χ1n) is 6.33. The summed E-state index contributed by atoms with van der Waals surface area (Å²) in [6, 6.07) is 6.14. The first kappa shape index (κ1) is 14.8. The highest BCUT2D eigenvalue weighted by Gasteiger charge is 2.38. The van der Waals surface area contributed by atoms with Gasteiger partial charge in [-0.3, -0.25) is 4.79 Å². The summed E-state index contributed by atoms with van der Waals surface area (Å²) in [7, 11) is -2.21. The maximum Gasteiger partial charge on any atom is 0.304 e. The number of rotatable bonds is 7. The maximum atomic E-state index is 12.6. The Kier molecular flexibility index (Phi) is 4.29. The normalized spacial score (nSPS) is 15.3. The van der Waals surface area contributed by atoms with E-state index >= 15 is 0 Å². The fraction of sp³-hybridized carbons (Fsp3) is 0.462. The largest absolute Gasteiger partial charge is 0.497 e. The lowest BCUT2D eigenvalue weighted by atomic mass is 10.3. The molecule has 1 aromatic rings. The van der Waals surface area contributed by atoms with Crippen LogP contribution in [0.2, 0.25) is 0 Å². The van der Waals surface area contributed by atoms with E-state index in [1.807, 2.05) is 0 Å². The third kappa shape index (κ3) is 3.29. The molecule has 20 heavy (non-hydrogen) atoms. The van der Waals surface area contributed by atoms with Crippen LogP contribution in [0.1, 0.15) is 19.3 Å². The summed E-state index contributed by atoms with van der Waals surface area (Å²) in [5, 5.41) is 8.74. The van der Waals surface area contributed by atoms with Gasteiger partial charge in [-0.2, -0.15) is 4.31 Å². The van der Waals surface area contributed by atoms with Crippen molar-refractivity contribution in [1.29, 1.82) is 0 Å². The molecule has 7 heteroatoms. The van der Waals surface area contributed by atoms with Gasteiger partial charge in [-0.15, -0.1) is 0 Å². The topological polar surface area (TPSA) is 83.9 Å². The lowest BCUT2D eigenvalue weighted by Gasteiger charge is -2.21. The molecule has 1 N–H and O–H groups in total. The molecule has 0 aliphatic heterocycles. The van der Waals surface area contributed by atoms with Gasteiger partial charge in [0.25, 0.3) is 0 Å². The molecular weight excluding hydrogens is 282 g/mol. The third-order valence-electron chi connectivity index (χ3n) is 3.15. The molecular formula is C13H17NO5S. The molecule has 0 aromatic heterocycles. The Morgan fingerprint density at radius 3 is 2.70 bits per heavy atom. The summed E-state index contributed by atoms with van der Waals surface area (Å²) in [5.74, 6) is -0.545. The molecule has 1 aliphatic rings. The Bertz CT molecular complexity index is 595. The minimum Gasteiger partial charge on any atom is -0.497 e.